The number of hydrogen-bond acceptors (Lipinski definition) is 3. The van der Waals surface area contributed by atoms with Crippen LogP contribution in [0.1, 0.15) is 12.8 Å². The summed E-state index contributed by atoms with van der Waals surface area (Å²) >= 11 is 0. The fourth-order valence-electron chi connectivity index (χ4n) is 1.50. The Morgan fingerprint density at radius 2 is 2.50 bits per heavy atom. The van der Waals surface area contributed by atoms with Crippen LogP contribution in [-0.2, 0) is 4.79 Å². The molecule has 1 amide bonds. The number of nitrogens with two attached hydrogens (primary N) is 1. The fourth-order valence-corrected chi connectivity index (χ4v) is 1.50. The third-order valence-electron chi connectivity index (χ3n) is 2.14. The highest BCUT2D eigenvalue weighted by molar-refractivity contribution is 5.78. The van der Waals surface area contributed by atoms with Gasteiger partial charge in [-0.1, -0.05) is 0 Å². The van der Waals surface area contributed by atoms with Crippen molar-refractivity contribution in [3.8, 4) is 0 Å². The topological polar surface area (TPSA) is 58.4 Å². The van der Waals surface area contributed by atoms with Crippen molar-refractivity contribution < 1.29 is 4.79 Å². The summed E-state index contributed by atoms with van der Waals surface area (Å²) in [5.41, 5.74) is 5.74. The van der Waals surface area contributed by atoms with Crippen LogP contribution in [0.25, 0.3) is 0 Å². The first-order valence-electron chi connectivity index (χ1n) is 4.42. The van der Waals surface area contributed by atoms with Gasteiger partial charge in [0.2, 0.25) is 5.91 Å². The predicted molar refractivity (Wildman–Crippen MR) is 47.7 cm³/mol. The molecule has 4 heteroatoms. The Morgan fingerprint density at radius 3 is 3.08 bits per heavy atom. The van der Waals surface area contributed by atoms with Gasteiger partial charge in [0.05, 0.1) is 6.54 Å². The molecule has 0 aromatic heterocycles. The third kappa shape index (κ3) is 2.46. The van der Waals surface area contributed by atoms with Crippen LogP contribution in [0.15, 0.2) is 0 Å². The molecule has 0 aromatic carbocycles. The van der Waals surface area contributed by atoms with Crippen LogP contribution in [0.5, 0.6) is 0 Å². The van der Waals surface area contributed by atoms with Gasteiger partial charge in [0.15, 0.2) is 0 Å². The molecule has 1 rings (SSSR count). The minimum Gasteiger partial charge on any atom is -0.340 e. The summed E-state index contributed by atoms with van der Waals surface area (Å²) in [6.07, 6.45) is 2.08. The van der Waals surface area contributed by atoms with Crippen LogP contribution in [-0.4, -0.2) is 43.5 Å². The van der Waals surface area contributed by atoms with E-state index in [1.807, 2.05) is 4.90 Å². The van der Waals surface area contributed by atoms with Gasteiger partial charge in [0, 0.05) is 19.1 Å². The molecular formula is C8H17N3O. The van der Waals surface area contributed by atoms with Gasteiger partial charge in [-0.2, -0.15) is 0 Å². The molecule has 0 aromatic rings. The molecule has 1 unspecified atom stereocenters. The summed E-state index contributed by atoms with van der Waals surface area (Å²) in [6.45, 7) is 2.02. The van der Waals surface area contributed by atoms with Gasteiger partial charge in [-0.3, -0.25) is 4.79 Å². The first-order valence-corrected chi connectivity index (χ1v) is 4.42. The Hall–Kier alpha value is -0.610. The molecule has 1 aliphatic heterocycles. The lowest BCUT2D eigenvalue weighted by Crippen LogP contribution is -2.48. The van der Waals surface area contributed by atoms with Crippen molar-refractivity contribution in [2.24, 2.45) is 5.73 Å². The highest BCUT2D eigenvalue weighted by Crippen LogP contribution is 2.07. The van der Waals surface area contributed by atoms with Crippen molar-refractivity contribution in [2.75, 3.05) is 26.7 Å². The lowest BCUT2D eigenvalue weighted by atomic mass is 10.1. The van der Waals surface area contributed by atoms with Gasteiger partial charge in [-0.15, -0.1) is 0 Å². The van der Waals surface area contributed by atoms with Gasteiger partial charge >= 0.3 is 0 Å². The minimum absolute atomic E-state index is 0.160. The molecule has 1 fully saturated rings. The summed E-state index contributed by atoms with van der Waals surface area (Å²) < 4.78 is 0. The number of carbonyl (C=O) groups excluding carboxylic acids is 1. The Labute approximate surface area is 73.1 Å². The molecule has 1 aliphatic rings. The number of hydrogen-bond donors (Lipinski definition) is 2. The predicted octanol–water partition coefficient (Wildman–Crippen LogP) is -0.844. The molecule has 3 N–H and O–H groups in total. The Morgan fingerprint density at radius 1 is 1.75 bits per heavy atom. The van der Waals surface area contributed by atoms with Crippen molar-refractivity contribution in [1.29, 1.82) is 0 Å². The second-order valence-corrected chi connectivity index (χ2v) is 3.27. The van der Waals surface area contributed by atoms with Gasteiger partial charge in [0.25, 0.3) is 0 Å². The van der Waals surface area contributed by atoms with E-state index >= 15 is 0 Å². The number of likely N-dealkylation sites (tertiary alicyclic amines) is 1. The van der Waals surface area contributed by atoms with E-state index in [4.69, 9.17) is 5.73 Å². The van der Waals surface area contributed by atoms with Crippen molar-refractivity contribution in [1.82, 2.24) is 10.2 Å². The number of piperidine rings is 1. The third-order valence-corrected chi connectivity index (χ3v) is 2.14. The Balaban J connectivity index is 2.35. The zero-order valence-corrected chi connectivity index (χ0v) is 7.55. The number of nitrogens with zero attached hydrogens (tertiary/aromatic N) is 1. The first-order chi connectivity index (χ1) is 5.74. The zero-order valence-electron chi connectivity index (χ0n) is 7.55. The number of amides is 1. The van der Waals surface area contributed by atoms with E-state index < -0.39 is 0 Å². The van der Waals surface area contributed by atoms with Gasteiger partial charge in [-0.05, 0) is 19.9 Å². The first kappa shape index (κ1) is 9.48. The van der Waals surface area contributed by atoms with Gasteiger partial charge in [-0.25, -0.2) is 0 Å². The lowest BCUT2D eigenvalue weighted by Gasteiger charge is -2.30. The Kier molecular flexibility index (Phi) is 3.49. The number of likely N-dealkylation sites (N-methyl/N-ethyl adjacent to an activating group) is 1. The highest BCUT2D eigenvalue weighted by atomic mass is 16.2. The van der Waals surface area contributed by atoms with Crippen molar-refractivity contribution >= 4 is 5.91 Å². The number of carbonyl (C=O) groups is 1. The molecule has 0 saturated carbocycles. The van der Waals surface area contributed by atoms with E-state index in [1.54, 1.807) is 7.05 Å². The van der Waals surface area contributed by atoms with Gasteiger partial charge in [0.1, 0.15) is 0 Å². The monoisotopic (exact) mass is 171 g/mol. The second kappa shape index (κ2) is 4.42. The number of nitrogens with one attached hydrogen (secondary N) is 1. The molecule has 1 heterocycles. The summed E-state index contributed by atoms with van der Waals surface area (Å²) in [6, 6.07) is 0.180. The maximum absolute atomic E-state index is 11.4. The van der Waals surface area contributed by atoms with Crippen LogP contribution in [0.3, 0.4) is 0 Å². The molecule has 0 aliphatic carbocycles. The Bertz CT molecular complexity index is 160. The number of rotatable bonds is 2. The second-order valence-electron chi connectivity index (χ2n) is 3.27. The van der Waals surface area contributed by atoms with E-state index in [-0.39, 0.29) is 11.9 Å². The molecule has 1 atom stereocenters. The molecule has 0 spiro atoms. The molecule has 0 radical (unpaired) electrons. The van der Waals surface area contributed by atoms with Gasteiger partial charge < -0.3 is 16.0 Å². The average Bonchev–Trinajstić information content (AvgIpc) is 2.05. The van der Waals surface area contributed by atoms with E-state index in [9.17, 15) is 4.79 Å². The van der Waals surface area contributed by atoms with Crippen molar-refractivity contribution in [3.63, 3.8) is 0 Å². The zero-order chi connectivity index (χ0) is 8.97. The maximum Gasteiger partial charge on any atom is 0.236 e. The quantitative estimate of drug-likeness (QED) is 0.569. The van der Waals surface area contributed by atoms with Crippen LogP contribution in [0.4, 0.5) is 0 Å². The summed E-state index contributed by atoms with van der Waals surface area (Å²) in [5, 5.41) is 2.85. The average molecular weight is 171 g/mol. The molecular weight excluding hydrogens is 154 g/mol. The van der Waals surface area contributed by atoms with Crippen LogP contribution < -0.4 is 11.1 Å². The van der Waals surface area contributed by atoms with Crippen LogP contribution >= 0.6 is 0 Å². The summed E-state index contributed by atoms with van der Waals surface area (Å²) in [4.78, 5) is 13.2. The molecule has 0 bridgehead atoms. The molecule has 4 nitrogen and oxygen atoms in total. The van der Waals surface area contributed by atoms with Crippen LogP contribution in [0, 0.1) is 0 Å². The molecule has 12 heavy (non-hydrogen) atoms. The molecule has 70 valence electrons. The fraction of sp³-hybridized carbons (Fsp3) is 0.875. The van der Waals surface area contributed by atoms with E-state index in [0.717, 1.165) is 25.9 Å². The lowest BCUT2D eigenvalue weighted by molar-refractivity contribution is -0.131. The van der Waals surface area contributed by atoms with E-state index in [2.05, 4.69) is 5.32 Å². The highest BCUT2D eigenvalue weighted by Gasteiger charge is 2.19. The normalized spacial score (nSPS) is 24.2. The van der Waals surface area contributed by atoms with Crippen LogP contribution in [0.2, 0.25) is 0 Å². The maximum atomic E-state index is 11.4. The molecule has 1 saturated heterocycles. The smallest absolute Gasteiger partial charge is 0.236 e. The van der Waals surface area contributed by atoms with E-state index in [1.165, 1.54) is 0 Å². The SMILES string of the molecule is CNCC(=O)N1CCCC(N)C1. The largest absolute Gasteiger partial charge is 0.340 e. The van der Waals surface area contributed by atoms with Crippen molar-refractivity contribution in [2.45, 2.75) is 18.9 Å². The summed E-state index contributed by atoms with van der Waals surface area (Å²) in [7, 11) is 1.78. The standard InChI is InChI=1S/C8H17N3O/c1-10-5-8(12)11-4-2-3-7(9)6-11/h7,10H,2-6,9H2,1H3. The minimum atomic E-state index is 0.160. The summed E-state index contributed by atoms with van der Waals surface area (Å²) in [5.74, 6) is 0.160. The van der Waals surface area contributed by atoms with Crippen molar-refractivity contribution in [3.05, 3.63) is 0 Å². The van der Waals surface area contributed by atoms with E-state index in [0.29, 0.717) is 6.54 Å².